The summed E-state index contributed by atoms with van der Waals surface area (Å²) in [5.74, 6) is -0.278. The van der Waals surface area contributed by atoms with E-state index in [2.05, 4.69) is 5.16 Å². The fraction of sp³-hybridized carbons (Fsp3) is 0.250. The summed E-state index contributed by atoms with van der Waals surface area (Å²) in [5.41, 5.74) is 3.31. The van der Waals surface area contributed by atoms with E-state index >= 15 is 0 Å². The zero-order valence-electron chi connectivity index (χ0n) is 18.3. The molecule has 2 aromatic carbocycles. The highest BCUT2D eigenvalue weighted by atomic mass is 35.5. The molecular weight excluding hydrogens is 464 g/mol. The van der Waals surface area contributed by atoms with Gasteiger partial charge >= 0.3 is 0 Å². The average molecular weight is 489 g/mol. The van der Waals surface area contributed by atoms with Gasteiger partial charge in [-0.1, -0.05) is 35.0 Å². The predicted octanol–water partition coefficient (Wildman–Crippen LogP) is 3.61. The third-order valence-corrected chi connectivity index (χ3v) is 6.86. The molecule has 0 aliphatic rings. The lowest BCUT2D eigenvalue weighted by atomic mass is 9.83. The second-order valence-corrected chi connectivity index (χ2v) is 10.3. The molecule has 0 amide bonds. The van der Waals surface area contributed by atoms with Gasteiger partial charge in [-0.25, -0.2) is 8.42 Å². The molecule has 0 bridgehead atoms. The van der Waals surface area contributed by atoms with E-state index in [4.69, 9.17) is 11.6 Å². The molecule has 2 N–H and O–H groups in total. The second-order valence-electron chi connectivity index (χ2n) is 7.82. The molecule has 3 aromatic rings. The minimum absolute atomic E-state index is 0.123. The highest BCUT2D eigenvalue weighted by Crippen LogP contribution is 2.33. The Bertz CT molecular complexity index is 1330. The van der Waals surface area contributed by atoms with Crippen LogP contribution in [-0.4, -0.2) is 41.9 Å². The summed E-state index contributed by atoms with van der Waals surface area (Å²) < 4.78 is 25.1. The molecule has 1 unspecified atom stereocenters. The molecule has 174 valence electrons. The first-order valence-electron chi connectivity index (χ1n) is 10.2. The van der Waals surface area contributed by atoms with Crippen LogP contribution in [0.15, 0.2) is 75.6 Å². The van der Waals surface area contributed by atoms with Gasteiger partial charge in [-0.3, -0.25) is 4.79 Å². The van der Waals surface area contributed by atoms with Gasteiger partial charge in [-0.2, -0.15) is 0 Å². The molecule has 1 heterocycles. The molecule has 0 saturated heterocycles. The van der Waals surface area contributed by atoms with Gasteiger partial charge < -0.3 is 14.9 Å². The Balaban J connectivity index is 2.08. The fourth-order valence-electron chi connectivity index (χ4n) is 3.78. The first-order chi connectivity index (χ1) is 15.6. The summed E-state index contributed by atoms with van der Waals surface area (Å²) in [4.78, 5) is 12.2. The van der Waals surface area contributed by atoms with Crippen LogP contribution in [0, 0.1) is 6.92 Å². The van der Waals surface area contributed by atoms with Crippen molar-refractivity contribution in [3.8, 4) is 0 Å². The van der Waals surface area contributed by atoms with Crippen LogP contribution >= 0.6 is 11.6 Å². The van der Waals surface area contributed by atoms with Gasteiger partial charge in [0.2, 0.25) is 0 Å². The number of aryl methyl sites for hydroxylation is 1. The lowest BCUT2D eigenvalue weighted by Crippen LogP contribution is -2.22. The van der Waals surface area contributed by atoms with Crippen LogP contribution in [0.3, 0.4) is 0 Å². The third kappa shape index (κ3) is 5.90. The van der Waals surface area contributed by atoms with E-state index in [-0.39, 0.29) is 35.9 Å². The van der Waals surface area contributed by atoms with E-state index in [9.17, 15) is 23.5 Å². The van der Waals surface area contributed by atoms with Crippen LogP contribution in [0.2, 0.25) is 5.02 Å². The summed E-state index contributed by atoms with van der Waals surface area (Å²) in [6, 6.07) is 15.1. The van der Waals surface area contributed by atoms with Gasteiger partial charge in [0, 0.05) is 48.0 Å². The van der Waals surface area contributed by atoms with Gasteiger partial charge in [0.15, 0.2) is 9.84 Å². The Morgan fingerprint density at radius 3 is 2.39 bits per heavy atom. The molecule has 9 heteroatoms. The van der Waals surface area contributed by atoms with E-state index in [1.54, 1.807) is 42.6 Å². The van der Waals surface area contributed by atoms with Gasteiger partial charge in [0.1, 0.15) is 0 Å². The maximum absolute atomic E-state index is 12.0. The van der Waals surface area contributed by atoms with E-state index in [1.165, 1.54) is 10.6 Å². The van der Waals surface area contributed by atoms with Crippen LogP contribution in [0.25, 0.3) is 0 Å². The molecule has 0 spiro atoms. The van der Waals surface area contributed by atoms with Crippen LogP contribution < -0.4 is 5.56 Å². The van der Waals surface area contributed by atoms with Crippen molar-refractivity contribution in [2.45, 2.75) is 30.7 Å². The van der Waals surface area contributed by atoms with Crippen molar-refractivity contribution in [3.05, 3.63) is 98.4 Å². The third-order valence-electron chi connectivity index (χ3n) is 5.49. The van der Waals surface area contributed by atoms with Crippen LogP contribution in [-0.2, 0) is 16.4 Å². The van der Waals surface area contributed by atoms with Crippen molar-refractivity contribution < 1.29 is 18.7 Å². The van der Waals surface area contributed by atoms with Gasteiger partial charge in [0.25, 0.3) is 5.56 Å². The Hall–Kier alpha value is -2.94. The predicted molar refractivity (Wildman–Crippen MR) is 128 cm³/mol. The fourth-order valence-corrected chi connectivity index (χ4v) is 4.64. The van der Waals surface area contributed by atoms with E-state index in [1.807, 2.05) is 19.1 Å². The number of halogens is 1. The van der Waals surface area contributed by atoms with E-state index < -0.39 is 9.84 Å². The zero-order chi connectivity index (χ0) is 24.2. The number of aliphatic hydroxyl groups excluding tert-OH is 1. The number of hydrogen-bond acceptors (Lipinski definition) is 6. The van der Waals surface area contributed by atoms with Crippen LogP contribution in [0.5, 0.6) is 0 Å². The normalized spacial score (nSPS) is 13.2. The smallest absolute Gasteiger partial charge is 0.250 e. The topological polar surface area (TPSA) is 109 Å². The zero-order valence-corrected chi connectivity index (χ0v) is 19.8. The number of sulfone groups is 1. The molecule has 0 aliphatic heterocycles. The van der Waals surface area contributed by atoms with Crippen molar-refractivity contribution in [3.63, 3.8) is 0 Å². The number of aliphatic hydroxyl groups is 1. The lowest BCUT2D eigenvalue weighted by molar-refractivity contribution is 0.274. The molecule has 1 atom stereocenters. The Kier molecular flexibility index (Phi) is 7.73. The molecule has 1 aromatic heterocycles. The molecule has 3 rings (SSSR count). The minimum atomic E-state index is -3.34. The van der Waals surface area contributed by atoms with Gasteiger partial charge in [-0.05, 0) is 53.9 Å². The maximum atomic E-state index is 12.0. The largest absolute Gasteiger partial charge is 0.411 e. The number of hydrogen-bond donors (Lipinski definition) is 2. The summed E-state index contributed by atoms with van der Waals surface area (Å²) in [5, 5.41) is 23.1. The number of nitrogens with zero attached hydrogens (tertiary/aromatic N) is 2. The van der Waals surface area contributed by atoms with E-state index in [0.717, 1.165) is 22.9 Å². The van der Waals surface area contributed by atoms with Crippen LogP contribution in [0.1, 0.15) is 34.6 Å². The van der Waals surface area contributed by atoms with Gasteiger partial charge in [0.05, 0.1) is 17.2 Å². The summed E-state index contributed by atoms with van der Waals surface area (Å²) >= 11 is 6.15. The Morgan fingerprint density at radius 2 is 1.82 bits per heavy atom. The van der Waals surface area contributed by atoms with Gasteiger partial charge in [-0.15, -0.1) is 0 Å². The Morgan fingerprint density at radius 1 is 1.12 bits per heavy atom. The molecule has 0 aliphatic carbocycles. The lowest BCUT2D eigenvalue weighted by Gasteiger charge is -2.21. The Labute approximate surface area is 197 Å². The molecule has 0 fully saturated rings. The SMILES string of the molecule is Cc1cc(Cl)ccc1C(C/C(=N/O)c1ccc(=O)n(CCO)c1)c1ccc(S(C)(=O)=O)cc1. The van der Waals surface area contributed by atoms with Crippen molar-refractivity contribution in [1.82, 2.24) is 4.57 Å². The second kappa shape index (κ2) is 10.3. The van der Waals surface area contributed by atoms with E-state index in [0.29, 0.717) is 16.3 Å². The first-order valence-corrected chi connectivity index (χ1v) is 12.5. The molecule has 0 saturated carbocycles. The molecule has 7 nitrogen and oxygen atoms in total. The van der Waals surface area contributed by atoms with Crippen molar-refractivity contribution >= 4 is 27.1 Å². The van der Waals surface area contributed by atoms with Crippen molar-refractivity contribution in [2.75, 3.05) is 12.9 Å². The number of rotatable bonds is 8. The molecule has 33 heavy (non-hydrogen) atoms. The first kappa shape index (κ1) is 24.7. The number of benzene rings is 2. The standard InChI is InChI=1S/C24H25ClN2O5S/c1-16-13-19(25)6-9-21(16)22(17-3-7-20(8-4-17)33(2,31)32)14-23(26-30)18-5-10-24(29)27(15-18)11-12-28/h3-10,13,15,22,28,30H,11-12,14H2,1-2H3/b26-23-. The average Bonchev–Trinajstić information content (AvgIpc) is 2.77. The highest BCUT2D eigenvalue weighted by molar-refractivity contribution is 7.90. The maximum Gasteiger partial charge on any atom is 0.250 e. The van der Waals surface area contributed by atoms with Crippen LogP contribution in [0.4, 0.5) is 0 Å². The number of oxime groups is 1. The monoisotopic (exact) mass is 488 g/mol. The summed E-state index contributed by atoms with van der Waals surface area (Å²) in [7, 11) is -3.34. The quantitative estimate of drug-likeness (QED) is 0.286. The number of aromatic nitrogens is 1. The van der Waals surface area contributed by atoms with Crippen molar-refractivity contribution in [1.29, 1.82) is 0 Å². The van der Waals surface area contributed by atoms with Crippen molar-refractivity contribution in [2.24, 2.45) is 5.16 Å². The number of pyridine rings is 1. The minimum Gasteiger partial charge on any atom is -0.411 e. The highest BCUT2D eigenvalue weighted by Gasteiger charge is 2.22. The summed E-state index contributed by atoms with van der Waals surface area (Å²) in [6.07, 6.45) is 2.97. The molecule has 0 radical (unpaired) electrons. The molecular formula is C24H25ClN2O5S. The summed E-state index contributed by atoms with van der Waals surface area (Å²) in [6.45, 7) is 1.85.